The van der Waals surface area contributed by atoms with Crippen molar-refractivity contribution in [2.75, 3.05) is 0 Å². The second-order valence-corrected chi connectivity index (χ2v) is 5.17. The molecule has 1 nitrogen and oxygen atoms in total. The first-order chi connectivity index (χ1) is 4.29. The molecule has 0 bridgehead atoms. The Labute approximate surface area is 70.7 Å². The van der Waals surface area contributed by atoms with Gasteiger partial charge in [-0.25, -0.2) is 0 Å². The first-order valence-corrected chi connectivity index (χ1v) is 4.41. The standard InChI is InChI=1S/C6H6Br2O/c7-6(8)3-5-1-2-9-4-5/h1-2,4,6H,3H2. The van der Waals surface area contributed by atoms with Gasteiger partial charge < -0.3 is 4.42 Å². The fraction of sp³-hybridized carbons (Fsp3) is 0.333. The molecule has 0 amide bonds. The third-order valence-corrected chi connectivity index (χ3v) is 1.62. The highest BCUT2D eigenvalue weighted by Crippen LogP contribution is 2.15. The number of rotatable bonds is 2. The zero-order chi connectivity index (χ0) is 6.69. The maximum Gasteiger partial charge on any atom is 0.0935 e. The van der Waals surface area contributed by atoms with Gasteiger partial charge in [-0.05, 0) is 18.1 Å². The normalized spacial score (nSPS) is 10.6. The zero-order valence-corrected chi connectivity index (χ0v) is 7.85. The summed E-state index contributed by atoms with van der Waals surface area (Å²) >= 11 is 6.74. The van der Waals surface area contributed by atoms with Crippen LogP contribution < -0.4 is 0 Å². The first-order valence-electron chi connectivity index (χ1n) is 2.58. The molecule has 0 aliphatic rings. The fourth-order valence-corrected chi connectivity index (χ4v) is 1.33. The van der Waals surface area contributed by atoms with Crippen LogP contribution in [0.5, 0.6) is 0 Å². The molecule has 0 N–H and O–H groups in total. The summed E-state index contributed by atoms with van der Waals surface area (Å²) < 4.78 is 5.22. The van der Waals surface area contributed by atoms with Gasteiger partial charge in [0.15, 0.2) is 0 Å². The highest BCUT2D eigenvalue weighted by Gasteiger charge is 1.99. The summed E-state index contributed by atoms with van der Waals surface area (Å²) in [4.78, 5) is 0. The fourth-order valence-electron chi connectivity index (χ4n) is 0.587. The van der Waals surface area contributed by atoms with E-state index in [1.807, 2.05) is 6.07 Å². The monoisotopic (exact) mass is 252 g/mol. The summed E-state index contributed by atoms with van der Waals surface area (Å²) in [7, 11) is 0. The second kappa shape index (κ2) is 3.42. The van der Waals surface area contributed by atoms with Crippen LogP contribution in [0.4, 0.5) is 0 Å². The van der Waals surface area contributed by atoms with Crippen molar-refractivity contribution < 1.29 is 4.42 Å². The van der Waals surface area contributed by atoms with Crippen LogP contribution in [0.15, 0.2) is 23.0 Å². The molecule has 0 spiro atoms. The molecule has 0 saturated carbocycles. The Bertz CT molecular complexity index is 158. The Morgan fingerprint density at radius 2 is 2.33 bits per heavy atom. The summed E-state index contributed by atoms with van der Waals surface area (Å²) in [6.07, 6.45) is 4.38. The smallest absolute Gasteiger partial charge is 0.0935 e. The molecule has 50 valence electrons. The SMILES string of the molecule is BrC(Br)Cc1ccoc1. The molecular formula is C6H6Br2O. The van der Waals surface area contributed by atoms with E-state index in [1.165, 1.54) is 5.56 Å². The van der Waals surface area contributed by atoms with Crippen molar-refractivity contribution in [1.29, 1.82) is 0 Å². The van der Waals surface area contributed by atoms with Gasteiger partial charge in [0, 0.05) is 0 Å². The predicted octanol–water partition coefficient (Wildman–Crippen LogP) is 2.94. The summed E-state index contributed by atoms with van der Waals surface area (Å²) in [5.74, 6) is 0. The summed E-state index contributed by atoms with van der Waals surface area (Å²) in [6.45, 7) is 0. The van der Waals surface area contributed by atoms with Gasteiger partial charge in [0.05, 0.1) is 16.3 Å². The third kappa shape index (κ3) is 2.54. The van der Waals surface area contributed by atoms with E-state index in [1.54, 1.807) is 12.5 Å². The minimum absolute atomic E-state index is 0.350. The average Bonchev–Trinajstić information content (AvgIpc) is 2.15. The van der Waals surface area contributed by atoms with Crippen LogP contribution in [-0.4, -0.2) is 3.74 Å². The van der Waals surface area contributed by atoms with E-state index >= 15 is 0 Å². The molecule has 1 aromatic rings. The molecule has 0 atom stereocenters. The minimum atomic E-state index is 0.350. The van der Waals surface area contributed by atoms with E-state index < -0.39 is 0 Å². The first kappa shape index (κ1) is 7.35. The highest BCUT2D eigenvalue weighted by atomic mass is 79.9. The molecule has 9 heavy (non-hydrogen) atoms. The van der Waals surface area contributed by atoms with Crippen molar-refractivity contribution >= 4 is 31.9 Å². The van der Waals surface area contributed by atoms with Crippen molar-refractivity contribution in [2.24, 2.45) is 0 Å². The van der Waals surface area contributed by atoms with Crippen LogP contribution in [0.1, 0.15) is 5.56 Å². The van der Waals surface area contributed by atoms with E-state index in [0.29, 0.717) is 3.74 Å². The van der Waals surface area contributed by atoms with Crippen molar-refractivity contribution in [1.82, 2.24) is 0 Å². The molecule has 0 aromatic carbocycles. The van der Waals surface area contributed by atoms with Gasteiger partial charge >= 0.3 is 0 Å². The van der Waals surface area contributed by atoms with Crippen molar-refractivity contribution in [3.63, 3.8) is 0 Å². The molecule has 1 rings (SSSR count). The molecule has 1 heterocycles. The van der Waals surface area contributed by atoms with E-state index in [0.717, 1.165) is 6.42 Å². The van der Waals surface area contributed by atoms with Gasteiger partial charge in [-0.15, -0.1) is 0 Å². The van der Waals surface area contributed by atoms with E-state index in [9.17, 15) is 0 Å². The lowest BCUT2D eigenvalue weighted by molar-refractivity contribution is 0.564. The van der Waals surface area contributed by atoms with Gasteiger partial charge in [-0.2, -0.15) is 0 Å². The molecule has 0 fully saturated rings. The van der Waals surface area contributed by atoms with Crippen molar-refractivity contribution in [2.45, 2.75) is 10.2 Å². The Morgan fingerprint density at radius 1 is 1.56 bits per heavy atom. The number of hydrogen-bond acceptors (Lipinski definition) is 1. The quantitative estimate of drug-likeness (QED) is 0.739. The number of hydrogen-bond donors (Lipinski definition) is 0. The summed E-state index contributed by atoms with van der Waals surface area (Å²) in [5, 5.41) is 0. The zero-order valence-electron chi connectivity index (χ0n) is 4.68. The van der Waals surface area contributed by atoms with Gasteiger partial charge in [0.25, 0.3) is 0 Å². The van der Waals surface area contributed by atoms with Gasteiger partial charge in [0.1, 0.15) is 0 Å². The summed E-state index contributed by atoms with van der Waals surface area (Å²) in [5.41, 5.74) is 1.20. The van der Waals surface area contributed by atoms with E-state index in [2.05, 4.69) is 31.9 Å². The molecule has 0 unspecified atom stereocenters. The van der Waals surface area contributed by atoms with E-state index in [4.69, 9.17) is 4.42 Å². The predicted molar refractivity (Wildman–Crippen MR) is 44.1 cm³/mol. The van der Waals surface area contributed by atoms with Crippen LogP contribution in [0.25, 0.3) is 0 Å². The molecule has 3 heteroatoms. The minimum Gasteiger partial charge on any atom is -0.472 e. The van der Waals surface area contributed by atoms with Crippen LogP contribution in [0, 0.1) is 0 Å². The maximum atomic E-state index is 4.87. The summed E-state index contributed by atoms with van der Waals surface area (Å²) in [6, 6.07) is 1.95. The molecular weight excluding hydrogens is 248 g/mol. The number of alkyl halides is 2. The van der Waals surface area contributed by atoms with Crippen molar-refractivity contribution in [3.8, 4) is 0 Å². The molecule has 0 saturated heterocycles. The van der Waals surface area contributed by atoms with Crippen LogP contribution in [0.2, 0.25) is 0 Å². The number of furan rings is 1. The lowest BCUT2D eigenvalue weighted by Gasteiger charge is -1.94. The second-order valence-electron chi connectivity index (χ2n) is 1.73. The molecule has 0 radical (unpaired) electrons. The van der Waals surface area contributed by atoms with Gasteiger partial charge in [0.2, 0.25) is 0 Å². The van der Waals surface area contributed by atoms with Crippen molar-refractivity contribution in [3.05, 3.63) is 24.2 Å². The highest BCUT2D eigenvalue weighted by molar-refractivity contribution is 9.24. The molecule has 0 aliphatic carbocycles. The van der Waals surface area contributed by atoms with Gasteiger partial charge in [-0.3, -0.25) is 0 Å². The third-order valence-electron chi connectivity index (χ3n) is 0.970. The van der Waals surface area contributed by atoms with Crippen LogP contribution >= 0.6 is 31.9 Å². The Balaban J connectivity index is 2.48. The molecule has 0 aliphatic heterocycles. The Kier molecular flexibility index (Phi) is 2.79. The largest absolute Gasteiger partial charge is 0.472 e. The van der Waals surface area contributed by atoms with Gasteiger partial charge in [-0.1, -0.05) is 31.9 Å². The van der Waals surface area contributed by atoms with Crippen LogP contribution in [-0.2, 0) is 6.42 Å². The Hall–Kier alpha value is 0.240. The maximum absolute atomic E-state index is 4.87. The lowest BCUT2D eigenvalue weighted by atomic mass is 10.3. The van der Waals surface area contributed by atoms with E-state index in [-0.39, 0.29) is 0 Å². The van der Waals surface area contributed by atoms with Crippen LogP contribution in [0.3, 0.4) is 0 Å². The average molecular weight is 254 g/mol. The topological polar surface area (TPSA) is 13.1 Å². The lowest BCUT2D eigenvalue weighted by Crippen LogP contribution is -1.88. The number of halogens is 2. The Morgan fingerprint density at radius 3 is 2.78 bits per heavy atom. The molecule has 1 aromatic heterocycles.